The normalized spacial score (nSPS) is 17.7. The zero-order valence-corrected chi connectivity index (χ0v) is 16.0. The van der Waals surface area contributed by atoms with E-state index in [-0.39, 0.29) is 6.03 Å². The van der Waals surface area contributed by atoms with Crippen molar-refractivity contribution in [3.05, 3.63) is 64.7 Å². The molecule has 0 saturated carbocycles. The second-order valence-electron chi connectivity index (χ2n) is 6.66. The largest absolute Gasteiger partial charge is 0.416 e. The van der Waals surface area contributed by atoms with Crippen molar-refractivity contribution in [3.8, 4) is 0 Å². The fourth-order valence-corrected chi connectivity index (χ4v) is 4.19. The van der Waals surface area contributed by atoms with Gasteiger partial charge in [-0.1, -0.05) is 24.3 Å². The standard InChI is InChI=1S/C20H21F3N2OS/c1-13-6-7-14(2)17(10-13)24-19(26)25-8-9-27-12-18(25)15-4-3-5-16(11-15)20(21,22)23/h3-7,10-11,18H,8-9,12H2,1-2H3,(H,24,26). The summed E-state index contributed by atoms with van der Waals surface area (Å²) in [6.07, 6.45) is -4.40. The third kappa shape index (κ3) is 4.58. The number of nitrogens with zero attached hydrogens (tertiary/aromatic N) is 1. The van der Waals surface area contributed by atoms with Crippen molar-refractivity contribution in [1.82, 2.24) is 4.90 Å². The Bertz CT molecular complexity index is 838. The number of thioether (sulfide) groups is 1. The number of carbonyl (C=O) groups excluding carboxylic acids is 1. The Morgan fingerprint density at radius 3 is 2.70 bits per heavy atom. The Hall–Kier alpha value is -2.15. The fraction of sp³-hybridized carbons (Fsp3) is 0.350. The molecule has 1 N–H and O–H groups in total. The molecule has 1 aliphatic heterocycles. The Morgan fingerprint density at radius 2 is 1.96 bits per heavy atom. The third-order valence-corrected chi connectivity index (χ3v) is 5.65. The van der Waals surface area contributed by atoms with Crippen LogP contribution in [0.15, 0.2) is 42.5 Å². The van der Waals surface area contributed by atoms with Crippen LogP contribution in [0, 0.1) is 13.8 Å². The summed E-state index contributed by atoms with van der Waals surface area (Å²) in [6.45, 7) is 4.34. The molecule has 2 amide bonds. The molecule has 1 unspecified atom stereocenters. The molecule has 2 aromatic carbocycles. The van der Waals surface area contributed by atoms with Crippen LogP contribution in [0.1, 0.15) is 28.3 Å². The Morgan fingerprint density at radius 1 is 1.19 bits per heavy atom. The lowest BCUT2D eigenvalue weighted by Crippen LogP contribution is -2.43. The first-order valence-electron chi connectivity index (χ1n) is 8.65. The van der Waals surface area contributed by atoms with E-state index in [0.29, 0.717) is 17.9 Å². The number of urea groups is 1. The summed E-state index contributed by atoms with van der Waals surface area (Å²) < 4.78 is 39.2. The maximum Gasteiger partial charge on any atom is 0.416 e. The molecule has 0 bridgehead atoms. The van der Waals surface area contributed by atoms with E-state index < -0.39 is 17.8 Å². The van der Waals surface area contributed by atoms with E-state index in [9.17, 15) is 18.0 Å². The maximum absolute atomic E-state index is 13.1. The van der Waals surface area contributed by atoms with Gasteiger partial charge in [0.1, 0.15) is 0 Å². The van der Waals surface area contributed by atoms with Crippen LogP contribution in [-0.4, -0.2) is 29.0 Å². The van der Waals surface area contributed by atoms with E-state index in [0.717, 1.165) is 34.7 Å². The number of alkyl halides is 3. The van der Waals surface area contributed by atoms with Crippen LogP contribution < -0.4 is 5.32 Å². The van der Waals surface area contributed by atoms with Gasteiger partial charge in [-0.25, -0.2) is 4.79 Å². The van der Waals surface area contributed by atoms with Crippen LogP contribution >= 0.6 is 11.8 Å². The SMILES string of the molecule is Cc1ccc(C)c(NC(=O)N2CCSCC2c2cccc(C(F)(F)F)c2)c1. The number of amides is 2. The highest BCUT2D eigenvalue weighted by atomic mass is 32.2. The second-order valence-corrected chi connectivity index (χ2v) is 7.81. The van der Waals surface area contributed by atoms with Crippen molar-refractivity contribution in [2.75, 3.05) is 23.4 Å². The fourth-order valence-electron chi connectivity index (χ4n) is 3.10. The first-order chi connectivity index (χ1) is 12.8. The van der Waals surface area contributed by atoms with Crippen molar-refractivity contribution in [1.29, 1.82) is 0 Å². The van der Waals surface area contributed by atoms with E-state index in [4.69, 9.17) is 0 Å². The predicted molar refractivity (Wildman–Crippen MR) is 103 cm³/mol. The molecular formula is C20H21F3N2OS. The van der Waals surface area contributed by atoms with Gasteiger partial charge in [0.05, 0.1) is 11.6 Å². The van der Waals surface area contributed by atoms with E-state index in [2.05, 4.69) is 5.32 Å². The van der Waals surface area contributed by atoms with Gasteiger partial charge in [0.2, 0.25) is 0 Å². The molecule has 1 atom stereocenters. The van der Waals surface area contributed by atoms with Gasteiger partial charge >= 0.3 is 12.2 Å². The summed E-state index contributed by atoms with van der Waals surface area (Å²) in [4.78, 5) is 14.5. The summed E-state index contributed by atoms with van der Waals surface area (Å²) in [5.74, 6) is 1.33. The van der Waals surface area contributed by atoms with Crippen LogP contribution in [0.25, 0.3) is 0 Å². The molecule has 0 radical (unpaired) electrons. The van der Waals surface area contributed by atoms with Crippen LogP contribution in [0.3, 0.4) is 0 Å². The lowest BCUT2D eigenvalue weighted by atomic mass is 10.0. The number of hydrogen-bond acceptors (Lipinski definition) is 2. The quantitative estimate of drug-likeness (QED) is 0.714. The maximum atomic E-state index is 13.1. The van der Waals surface area contributed by atoms with Gasteiger partial charge < -0.3 is 10.2 Å². The lowest BCUT2D eigenvalue weighted by molar-refractivity contribution is -0.137. The predicted octanol–water partition coefficient (Wildman–Crippen LogP) is 5.64. The summed E-state index contributed by atoms with van der Waals surface area (Å²) in [6, 6.07) is 10.4. The van der Waals surface area contributed by atoms with Crippen molar-refractivity contribution < 1.29 is 18.0 Å². The monoisotopic (exact) mass is 394 g/mol. The van der Waals surface area contributed by atoms with Gasteiger partial charge in [0, 0.05) is 23.7 Å². The van der Waals surface area contributed by atoms with Gasteiger partial charge in [0.15, 0.2) is 0 Å². The minimum absolute atomic E-state index is 0.286. The average Bonchev–Trinajstić information content (AvgIpc) is 2.64. The topological polar surface area (TPSA) is 32.3 Å². The third-order valence-electron chi connectivity index (χ3n) is 4.62. The van der Waals surface area contributed by atoms with Crippen molar-refractivity contribution in [2.24, 2.45) is 0 Å². The second kappa shape index (κ2) is 7.84. The van der Waals surface area contributed by atoms with Crippen LogP contribution in [0.4, 0.5) is 23.7 Å². The highest BCUT2D eigenvalue weighted by Gasteiger charge is 2.33. The van der Waals surface area contributed by atoms with Crippen molar-refractivity contribution in [2.45, 2.75) is 26.1 Å². The van der Waals surface area contributed by atoms with Gasteiger partial charge in [0.25, 0.3) is 0 Å². The molecule has 1 fully saturated rings. The molecule has 2 aromatic rings. The molecule has 0 aliphatic carbocycles. The number of aryl methyl sites for hydroxylation is 2. The van der Waals surface area contributed by atoms with Crippen molar-refractivity contribution >= 4 is 23.5 Å². The van der Waals surface area contributed by atoms with E-state index in [1.165, 1.54) is 6.07 Å². The minimum Gasteiger partial charge on any atom is -0.316 e. The number of anilines is 1. The van der Waals surface area contributed by atoms with Crippen LogP contribution in [-0.2, 0) is 6.18 Å². The molecule has 3 nitrogen and oxygen atoms in total. The molecule has 0 spiro atoms. The molecule has 1 saturated heterocycles. The molecule has 3 rings (SSSR count). The molecule has 0 aromatic heterocycles. The van der Waals surface area contributed by atoms with Gasteiger partial charge in [-0.05, 0) is 48.7 Å². The number of nitrogens with one attached hydrogen (secondary N) is 1. The van der Waals surface area contributed by atoms with Gasteiger partial charge in [-0.2, -0.15) is 24.9 Å². The van der Waals surface area contributed by atoms with E-state index >= 15 is 0 Å². The number of carbonyl (C=O) groups is 1. The van der Waals surface area contributed by atoms with Crippen LogP contribution in [0.5, 0.6) is 0 Å². The smallest absolute Gasteiger partial charge is 0.316 e. The number of halogens is 3. The lowest BCUT2D eigenvalue weighted by Gasteiger charge is -2.36. The highest BCUT2D eigenvalue weighted by molar-refractivity contribution is 7.99. The summed E-state index contributed by atoms with van der Waals surface area (Å²) in [7, 11) is 0. The van der Waals surface area contributed by atoms with Gasteiger partial charge in [-0.15, -0.1) is 0 Å². The average molecular weight is 394 g/mol. The van der Waals surface area contributed by atoms with Crippen molar-refractivity contribution in [3.63, 3.8) is 0 Å². The molecular weight excluding hydrogens is 373 g/mol. The Kier molecular flexibility index (Phi) is 5.69. The highest BCUT2D eigenvalue weighted by Crippen LogP contribution is 2.35. The Labute approximate surface area is 160 Å². The zero-order valence-electron chi connectivity index (χ0n) is 15.1. The first-order valence-corrected chi connectivity index (χ1v) is 9.81. The Balaban J connectivity index is 1.85. The molecule has 1 aliphatic rings. The van der Waals surface area contributed by atoms with Crippen LogP contribution in [0.2, 0.25) is 0 Å². The molecule has 27 heavy (non-hydrogen) atoms. The van der Waals surface area contributed by atoms with Gasteiger partial charge in [-0.3, -0.25) is 0 Å². The minimum atomic E-state index is -4.40. The van der Waals surface area contributed by atoms with E-state index in [1.807, 2.05) is 32.0 Å². The molecule has 1 heterocycles. The summed E-state index contributed by atoms with van der Waals surface area (Å²) in [5, 5.41) is 2.92. The van der Waals surface area contributed by atoms with E-state index in [1.54, 1.807) is 22.7 Å². The molecule has 7 heteroatoms. The first kappa shape index (κ1) is 19.6. The summed E-state index contributed by atoms with van der Waals surface area (Å²) in [5.41, 5.74) is 2.51. The number of rotatable bonds is 2. The summed E-state index contributed by atoms with van der Waals surface area (Å²) >= 11 is 1.64. The number of benzene rings is 2. The molecule has 144 valence electrons. The number of hydrogen-bond donors (Lipinski definition) is 1. The zero-order chi connectivity index (χ0) is 19.6.